The van der Waals surface area contributed by atoms with Gasteiger partial charge in [-0.05, 0) is 42.7 Å². The van der Waals surface area contributed by atoms with Crippen LogP contribution in [0.5, 0.6) is 0 Å². The number of nitrogens with one attached hydrogen (secondary N) is 1. The summed E-state index contributed by atoms with van der Waals surface area (Å²) in [5, 5.41) is 5.64. The summed E-state index contributed by atoms with van der Waals surface area (Å²) in [5.41, 5.74) is 1.46. The SMILES string of the molecule is CCC(CC)(CC)NCC(=O)N1CCc2sccc2C1. The molecule has 0 saturated carbocycles. The average molecular weight is 294 g/mol. The summed E-state index contributed by atoms with van der Waals surface area (Å²) in [4.78, 5) is 15.8. The van der Waals surface area contributed by atoms with E-state index >= 15 is 0 Å². The van der Waals surface area contributed by atoms with Crippen LogP contribution in [0.3, 0.4) is 0 Å². The summed E-state index contributed by atoms with van der Waals surface area (Å²) < 4.78 is 0. The summed E-state index contributed by atoms with van der Waals surface area (Å²) in [6.45, 7) is 8.71. The Bertz CT molecular complexity index is 443. The molecule has 1 aromatic heterocycles. The molecule has 0 spiro atoms. The molecule has 0 unspecified atom stereocenters. The highest BCUT2D eigenvalue weighted by Crippen LogP contribution is 2.24. The molecule has 2 rings (SSSR count). The highest BCUT2D eigenvalue weighted by Gasteiger charge is 2.26. The molecule has 0 aliphatic carbocycles. The molecule has 1 aliphatic heterocycles. The number of hydrogen-bond donors (Lipinski definition) is 1. The molecule has 1 aliphatic rings. The van der Waals surface area contributed by atoms with Crippen LogP contribution >= 0.6 is 11.3 Å². The third-order valence-electron chi connectivity index (χ3n) is 4.81. The molecule has 0 fully saturated rings. The Labute approximate surface area is 126 Å². The normalized spacial score (nSPS) is 15.2. The molecule has 0 radical (unpaired) electrons. The van der Waals surface area contributed by atoms with Gasteiger partial charge in [-0.3, -0.25) is 4.79 Å². The van der Waals surface area contributed by atoms with Gasteiger partial charge in [0.05, 0.1) is 6.54 Å². The predicted molar refractivity (Wildman–Crippen MR) is 85.0 cm³/mol. The van der Waals surface area contributed by atoms with Crippen LogP contribution in [0.1, 0.15) is 50.5 Å². The van der Waals surface area contributed by atoms with Crippen LogP contribution in [0.15, 0.2) is 11.4 Å². The molecule has 0 atom stereocenters. The van der Waals surface area contributed by atoms with Crippen LogP contribution in [0.2, 0.25) is 0 Å². The van der Waals surface area contributed by atoms with Crippen molar-refractivity contribution < 1.29 is 4.79 Å². The van der Waals surface area contributed by atoms with Gasteiger partial charge in [-0.2, -0.15) is 0 Å². The van der Waals surface area contributed by atoms with E-state index in [1.807, 2.05) is 16.2 Å². The van der Waals surface area contributed by atoms with Crippen LogP contribution in [-0.4, -0.2) is 29.4 Å². The summed E-state index contributed by atoms with van der Waals surface area (Å²) in [5.74, 6) is 0.238. The molecule has 4 heteroatoms. The van der Waals surface area contributed by atoms with E-state index in [9.17, 15) is 4.79 Å². The number of carbonyl (C=O) groups is 1. The van der Waals surface area contributed by atoms with Crippen molar-refractivity contribution in [1.29, 1.82) is 0 Å². The van der Waals surface area contributed by atoms with Gasteiger partial charge in [0.1, 0.15) is 0 Å². The zero-order valence-corrected chi connectivity index (χ0v) is 13.7. The molecule has 1 aromatic rings. The van der Waals surface area contributed by atoms with E-state index in [1.165, 1.54) is 10.4 Å². The molecule has 0 bridgehead atoms. The fraction of sp³-hybridized carbons (Fsp3) is 0.688. The maximum atomic E-state index is 12.4. The van der Waals surface area contributed by atoms with E-state index in [0.29, 0.717) is 6.54 Å². The topological polar surface area (TPSA) is 32.3 Å². The smallest absolute Gasteiger partial charge is 0.236 e. The largest absolute Gasteiger partial charge is 0.337 e. The van der Waals surface area contributed by atoms with E-state index < -0.39 is 0 Å². The number of thiophene rings is 1. The molecular formula is C16H26N2OS. The van der Waals surface area contributed by atoms with Gasteiger partial charge in [0.25, 0.3) is 0 Å². The molecule has 20 heavy (non-hydrogen) atoms. The second kappa shape index (κ2) is 6.72. The van der Waals surface area contributed by atoms with Crippen molar-refractivity contribution in [3.8, 4) is 0 Å². The number of hydrogen-bond acceptors (Lipinski definition) is 3. The highest BCUT2D eigenvalue weighted by molar-refractivity contribution is 7.10. The van der Waals surface area contributed by atoms with Gasteiger partial charge >= 0.3 is 0 Å². The van der Waals surface area contributed by atoms with Gasteiger partial charge in [-0.1, -0.05) is 20.8 Å². The molecular weight excluding hydrogens is 268 g/mol. The molecule has 3 nitrogen and oxygen atoms in total. The number of carbonyl (C=O) groups excluding carboxylic acids is 1. The van der Waals surface area contributed by atoms with E-state index in [-0.39, 0.29) is 11.4 Å². The van der Waals surface area contributed by atoms with Crippen molar-refractivity contribution in [2.45, 2.75) is 58.5 Å². The van der Waals surface area contributed by atoms with Crippen molar-refractivity contribution in [2.24, 2.45) is 0 Å². The quantitative estimate of drug-likeness (QED) is 0.874. The third kappa shape index (κ3) is 3.23. The fourth-order valence-electron chi connectivity index (χ4n) is 2.96. The van der Waals surface area contributed by atoms with Crippen LogP contribution < -0.4 is 5.32 Å². The number of rotatable bonds is 6. The van der Waals surface area contributed by atoms with Gasteiger partial charge in [-0.25, -0.2) is 0 Å². The predicted octanol–water partition coefficient (Wildman–Crippen LogP) is 3.19. The Morgan fingerprint density at radius 2 is 2.05 bits per heavy atom. The minimum absolute atomic E-state index is 0.124. The van der Waals surface area contributed by atoms with Crippen molar-refractivity contribution in [3.05, 3.63) is 21.9 Å². The van der Waals surface area contributed by atoms with Gasteiger partial charge < -0.3 is 10.2 Å². The second-order valence-corrected chi connectivity index (χ2v) is 6.63. The van der Waals surface area contributed by atoms with Gasteiger partial charge in [0, 0.05) is 23.5 Å². The third-order valence-corrected chi connectivity index (χ3v) is 5.83. The first-order valence-corrected chi connectivity index (χ1v) is 8.60. The zero-order valence-electron chi connectivity index (χ0n) is 12.9. The maximum absolute atomic E-state index is 12.4. The summed E-state index contributed by atoms with van der Waals surface area (Å²) in [7, 11) is 0. The Balaban J connectivity index is 1.90. The summed E-state index contributed by atoms with van der Waals surface area (Å²) >= 11 is 1.81. The van der Waals surface area contributed by atoms with Crippen LogP contribution in [0, 0.1) is 0 Å². The van der Waals surface area contributed by atoms with Crippen LogP contribution in [0.4, 0.5) is 0 Å². The van der Waals surface area contributed by atoms with Crippen molar-refractivity contribution in [3.63, 3.8) is 0 Å². The number of fused-ring (bicyclic) bond motifs is 1. The van der Waals surface area contributed by atoms with E-state index in [0.717, 1.165) is 38.8 Å². The molecule has 0 aromatic carbocycles. The lowest BCUT2D eigenvalue weighted by Crippen LogP contribution is -2.49. The Morgan fingerprint density at radius 1 is 1.35 bits per heavy atom. The lowest BCUT2D eigenvalue weighted by molar-refractivity contribution is -0.131. The minimum Gasteiger partial charge on any atom is -0.337 e. The highest BCUT2D eigenvalue weighted by atomic mass is 32.1. The molecule has 1 N–H and O–H groups in total. The van der Waals surface area contributed by atoms with Gasteiger partial charge in [0.2, 0.25) is 5.91 Å². The van der Waals surface area contributed by atoms with Crippen LogP contribution in [0.25, 0.3) is 0 Å². The van der Waals surface area contributed by atoms with Crippen molar-refractivity contribution >= 4 is 17.2 Å². The first-order chi connectivity index (χ1) is 9.64. The van der Waals surface area contributed by atoms with Crippen molar-refractivity contribution in [2.75, 3.05) is 13.1 Å². The first-order valence-electron chi connectivity index (χ1n) is 7.72. The minimum atomic E-state index is 0.124. The number of nitrogens with zero attached hydrogens (tertiary/aromatic N) is 1. The fourth-order valence-corrected chi connectivity index (χ4v) is 3.85. The lowest BCUT2D eigenvalue weighted by atomic mass is 9.90. The Morgan fingerprint density at radius 3 is 2.70 bits per heavy atom. The molecule has 1 amide bonds. The van der Waals surface area contributed by atoms with Gasteiger partial charge in [-0.15, -0.1) is 11.3 Å². The molecule has 2 heterocycles. The van der Waals surface area contributed by atoms with E-state index in [4.69, 9.17) is 0 Å². The van der Waals surface area contributed by atoms with E-state index in [2.05, 4.69) is 37.5 Å². The first kappa shape index (κ1) is 15.5. The zero-order chi connectivity index (χ0) is 14.6. The monoisotopic (exact) mass is 294 g/mol. The summed E-state index contributed by atoms with van der Waals surface area (Å²) in [6, 6.07) is 2.15. The molecule has 112 valence electrons. The summed E-state index contributed by atoms with van der Waals surface area (Å²) in [6.07, 6.45) is 4.23. The van der Waals surface area contributed by atoms with E-state index in [1.54, 1.807) is 0 Å². The maximum Gasteiger partial charge on any atom is 0.236 e. The molecule has 0 saturated heterocycles. The standard InChI is InChI=1S/C16H26N2OS/c1-4-16(5-2,6-3)17-11-15(19)18-9-7-14-13(12-18)8-10-20-14/h8,10,17H,4-7,9,11-12H2,1-3H3. The van der Waals surface area contributed by atoms with Crippen molar-refractivity contribution in [1.82, 2.24) is 10.2 Å². The average Bonchev–Trinajstić information content (AvgIpc) is 2.96. The second-order valence-electron chi connectivity index (χ2n) is 5.63. The number of amides is 1. The Hall–Kier alpha value is -0.870. The Kier molecular flexibility index (Phi) is 5.22. The van der Waals surface area contributed by atoms with Gasteiger partial charge in [0.15, 0.2) is 0 Å². The lowest BCUT2D eigenvalue weighted by Gasteiger charge is -2.34. The van der Waals surface area contributed by atoms with Crippen LogP contribution in [-0.2, 0) is 17.8 Å².